The Bertz CT molecular complexity index is 1800. The molecule has 0 saturated heterocycles. The van der Waals surface area contributed by atoms with Crippen molar-refractivity contribution in [2.24, 2.45) is 0 Å². The molecule has 0 aliphatic carbocycles. The van der Waals surface area contributed by atoms with Gasteiger partial charge in [0.1, 0.15) is 0 Å². The molecule has 0 nitrogen and oxygen atoms in total. The summed E-state index contributed by atoms with van der Waals surface area (Å²) in [6.07, 6.45) is 0. The van der Waals surface area contributed by atoms with Crippen LogP contribution in [0.4, 0.5) is 0 Å². The van der Waals surface area contributed by atoms with Crippen molar-refractivity contribution < 1.29 is 0 Å². The second-order valence-electron chi connectivity index (χ2n) is 9.22. The zero-order chi connectivity index (χ0) is 27.1. The van der Waals surface area contributed by atoms with Crippen LogP contribution in [0.15, 0.2) is 138 Å². The fraction of sp³-hybridized carbons (Fsp3) is 0. The first-order valence-corrected chi connectivity index (χ1v) is 16.2. The Balaban J connectivity index is 1.88. The molecule has 0 heterocycles. The molecule has 0 fully saturated rings. The molecule has 6 aromatic carbocycles. The summed E-state index contributed by atoms with van der Waals surface area (Å²) in [7, 11) is 0. The second-order valence-corrected chi connectivity index (χ2v) is 13.8. The smallest absolute Gasteiger partial charge is 0.0181 e. The van der Waals surface area contributed by atoms with Crippen molar-refractivity contribution in [1.29, 1.82) is 0 Å². The van der Waals surface area contributed by atoms with Crippen molar-refractivity contribution in [3.63, 3.8) is 0 Å². The molecule has 0 saturated carbocycles. The largest absolute Gasteiger partial charge is 0.0532 e. The highest BCUT2D eigenvalue weighted by Crippen LogP contribution is 2.51. The van der Waals surface area contributed by atoms with E-state index in [1.54, 1.807) is 0 Å². The highest BCUT2D eigenvalue weighted by molar-refractivity contribution is 9.11. The monoisotopic (exact) mass is 822 g/mol. The van der Waals surface area contributed by atoms with Gasteiger partial charge < -0.3 is 0 Å². The first-order valence-electron chi connectivity index (χ1n) is 12.2. The first-order chi connectivity index (χ1) is 18.9. The standard InChI is InChI=1S/C34H19Br5/c35-24-9-1-20(2-10-24)31-29-18-17-28(39)19-30(29)32(21-3-11-25(36)12-4-21)34(23-7-15-27(38)16-8-23)33(31)22-5-13-26(37)14-6-22/h1-19H. The van der Waals surface area contributed by atoms with Crippen LogP contribution >= 0.6 is 79.6 Å². The Morgan fingerprint density at radius 2 is 0.538 bits per heavy atom. The lowest BCUT2D eigenvalue weighted by molar-refractivity contribution is 1.54. The molecule has 0 spiro atoms. The summed E-state index contributed by atoms with van der Waals surface area (Å²) in [4.78, 5) is 0. The average Bonchev–Trinajstić information content (AvgIpc) is 2.94. The summed E-state index contributed by atoms with van der Waals surface area (Å²) in [5.41, 5.74) is 9.50. The van der Waals surface area contributed by atoms with E-state index in [4.69, 9.17) is 0 Å². The molecule has 39 heavy (non-hydrogen) atoms. The van der Waals surface area contributed by atoms with Crippen molar-refractivity contribution in [3.8, 4) is 44.5 Å². The predicted octanol–water partition coefficient (Wildman–Crippen LogP) is 13.3. The van der Waals surface area contributed by atoms with Crippen LogP contribution in [-0.4, -0.2) is 0 Å². The van der Waals surface area contributed by atoms with Gasteiger partial charge in [0.25, 0.3) is 0 Å². The lowest BCUT2D eigenvalue weighted by atomic mass is 9.79. The summed E-state index contributed by atoms with van der Waals surface area (Å²) >= 11 is 18.3. The van der Waals surface area contributed by atoms with Gasteiger partial charge in [-0.1, -0.05) is 134 Å². The van der Waals surface area contributed by atoms with E-state index in [0.29, 0.717) is 0 Å². The summed E-state index contributed by atoms with van der Waals surface area (Å²) in [6, 6.07) is 41.2. The molecule has 0 aromatic heterocycles. The van der Waals surface area contributed by atoms with E-state index in [9.17, 15) is 0 Å². The third-order valence-corrected chi connectivity index (χ3v) is 9.41. The van der Waals surface area contributed by atoms with Crippen molar-refractivity contribution in [3.05, 3.63) is 138 Å². The first kappa shape index (κ1) is 27.2. The van der Waals surface area contributed by atoms with Crippen LogP contribution in [0, 0.1) is 0 Å². The van der Waals surface area contributed by atoms with Crippen molar-refractivity contribution in [1.82, 2.24) is 0 Å². The van der Waals surface area contributed by atoms with E-state index in [1.807, 2.05) is 0 Å². The Morgan fingerprint density at radius 3 is 0.897 bits per heavy atom. The van der Waals surface area contributed by atoms with Crippen LogP contribution < -0.4 is 0 Å². The highest BCUT2D eigenvalue weighted by atomic mass is 79.9. The van der Waals surface area contributed by atoms with E-state index in [0.717, 1.165) is 33.5 Å². The third-order valence-electron chi connectivity index (χ3n) is 6.80. The van der Waals surface area contributed by atoms with Gasteiger partial charge in [-0.05, 0) is 116 Å². The molecule has 5 heteroatoms. The molecule has 190 valence electrons. The summed E-state index contributed by atoms with van der Waals surface area (Å²) in [6.45, 7) is 0. The maximum Gasteiger partial charge on any atom is 0.0181 e. The van der Waals surface area contributed by atoms with Crippen LogP contribution in [0.25, 0.3) is 55.3 Å². The van der Waals surface area contributed by atoms with Crippen LogP contribution in [-0.2, 0) is 0 Å². The number of halogens is 5. The van der Waals surface area contributed by atoms with E-state index >= 15 is 0 Å². The Morgan fingerprint density at radius 1 is 0.256 bits per heavy atom. The van der Waals surface area contributed by atoms with Crippen LogP contribution in [0.5, 0.6) is 0 Å². The summed E-state index contributed by atoms with van der Waals surface area (Å²) in [5.74, 6) is 0. The molecule has 6 aromatic rings. The number of hydrogen-bond acceptors (Lipinski definition) is 0. The second kappa shape index (κ2) is 11.5. The number of benzene rings is 6. The van der Waals surface area contributed by atoms with E-state index in [2.05, 4.69) is 195 Å². The van der Waals surface area contributed by atoms with Gasteiger partial charge in [-0.3, -0.25) is 0 Å². The van der Waals surface area contributed by atoms with Crippen molar-refractivity contribution >= 4 is 90.4 Å². The molecular formula is C34H19Br5. The van der Waals surface area contributed by atoms with Gasteiger partial charge in [0.05, 0.1) is 0 Å². The van der Waals surface area contributed by atoms with Crippen LogP contribution in [0.2, 0.25) is 0 Å². The molecule has 0 aliphatic rings. The zero-order valence-corrected chi connectivity index (χ0v) is 28.3. The van der Waals surface area contributed by atoms with Gasteiger partial charge in [0.15, 0.2) is 0 Å². The van der Waals surface area contributed by atoms with Gasteiger partial charge in [-0.2, -0.15) is 0 Å². The molecule has 0 radical (unpaired) electrons. The zero-order valence-electron chi connectivity index (χ0n) is 20.4. The Hall–Kier alpha value is -2.02. The van der Waals surface area contributed by atoms with Crippen LogP contribution in [0.3, 0.4) is 0 Å². The van der Waals surface area contributed by atoms with Gasteiger partial charge in [-0.15, -0.1) is 0 Å². The van der Waals surface area contributed by atoms with E-state index < -0.39 is 0 Å². The molecule has 0 N–H and O–H groups in total. The predicted molar refractivity (Wildman–Crippen MR) is 184 cm³/mol. The van der Waals surface area contributed by atoms with E-state index in [1.165, 1.54) is 44.2 Å². The topological polar surface area (TPSA) is 0 Å². The minimum absolute atomic E-state index is 1.05. The van der Waals surface area contributed by atoms with Gasteiger partial charge in [0.2, 0.25) is 0 Å². The maximum atomic E-state index is 3.78. The van der Waals surface area contributed by atoms with Gasteiger partial charge in [-0.25, -0.2) is 0 Å². The highest BCUT2D eigenvalue weighted by Gasteiger charge is 2.24. The molecule has 0 aliphatic heterocycles. The van der Waals surface area contributed by atoms with Gasteiger partial charge >= 0.3 is 0 Å². The molecule has 0 unspecified atom stereocenters. The van der Waals surface area contributed by atoms with Crippen LogP contribution in [0.1, 0.15) is 0 Å². The minimum atomic E-state index is 1.05. The normalized spacial score (nSPS) is 11.2. The molecule has 0 amide bonds. The summed E-state index contributed by atoms with van der Waals surface area (Å²) < 4.78 is 5.27. The molecule has 0 bridgehead atoms. The number of hydrogen-bond donors (Lipinski definition) is 0. The summed E-state index contributed by atoms with van der Waals surface area (Å²) in [5, 5.41) is 2.40. The SMILES string of the molecule is Brc1ccc(-c2c(-c3ccc(Br)cc3)c(-c3ccc(Br)cc3)c3cc(Br)ccc3c2-c2ccc(Br)cc2)cc1. The molecular weight excluding hydrogens is 808 g/mol. The fourth-order valence-corrected chi connectivity index (χ4v) is 6.52. The molecule has 6 rings (SSSR count). The minimum Gasteiger partial charge on any atom is -0.0532 e. The lowest BCUT2D eigenvalue weighted by Gasteiger charge is -2.24. The fourth-order valence-electron chi connectivity index (χ4n) is 5.10. The number of fused-ring (bicyclic) bond motifs is 1. The lowest BCUT2D eigenvalue weighted by Crippen LogP contribution is -1.97. The van der Waals surface area contributed by atoms with Crippen molar-refractivity contribution in [2.75, 3.05) is 0 Å². The van der Waals surface area contributed by atoms with E-state index in [-0.39, 0.29) is 0 Å². The van der Waals surface area contributed by atoms with Gasteiger partial charge in [0, 0.05) is 22.4 Å². The average molecular weight is 827 g/mol. The molecule has 0 atom stereocenters. The number of rotatable bonds is 4. The maximum absolute atomic E-state index is 3.78. The Labute approximate surface area is 270 Å². The quantitative estimate of drug-likeness (QED) is 0.166. The third kappa shape index (κ3) is 5.49. The van der Waals surface area contributed by atoms with Crippen molar-refractivity contribution in [2.45, 2.75) is 0 Å². The Kier molecular flexibility index (Phi) is 7.98.